The molecule has 0 saturated carbocycles. The first-order valence-electron chi connectivity index (χ1n) is 5.06. The molecule has 0 spiro atoms. The fraction of sp³-hybridized carbons (Fsp3) is 0.700. The third-order valence-corrected chi connectivity index (χ3v) is 3.88. The maximum atomic E-state index is 4.29. The topological polar surface area (TPSA) is 29.9 Å². The summed E-state index contributed by atoms with van der Waals surface area (Å²) in [6.07, 6.45) is 5.21. The molecule has 1 aliphatic rings. The van der Waals surface area contributed by atoms with Gasteiger partial charge in [0.25, 0.3) is 0 Å². The van der Waals surface area contributed by atoms with Crippen molar-refractivity contribution in [2.24, 2.45) is 7.05 Å². The number of nitrogens with zero attached hydrogens (tertiary/aromatic N) is 2. The molecule has 3 nitrogen and oxygen atoms in total. The van der Waals surface area contributed by atoms with Crippen molar-refractivity contribution in [3.05, 3.63) is 18.2 Å². The van der Waals surface area contributed by atoms with Crippen LogP contribution in [-0.2, 0) is 13.6 Å². The zero-order valence-electron chi connectivity index (χ0n) is 8.73. The van der Waals surface area contributed by atoms with Crippen LogP contribution in [0.2, 0.25) is 0 Å². The minimum atomic E-state index is 0.678. The van der Waals surface area contributed by atoms with Gasteiger partial charge in [0, 0.05) is 36.8 Å². The Balaban J connectivity index is 1.77. The maximum Gasteiger partial charge on any atom is 0.0947 e. The minimum absolute atomic E-state index is 0.678. The Labute approximate surface area is 89.3 Å². The van der Waals surface area contributed by atoms with Crippen molar-refractivity contribution in [3.63, 3.8) is 0 Å². The van der Waals surface area contributed by atoms with Gasteiger partial charge in [-0.05, 0) is 6.42 Å². The molecule has 2 rings (SSSR count). The SMILES string of the molecule is CC1CC(NCc2cn(C)cn2)CS1. The number of thioether (sulfide) groups is 1. The normalized spacial score (nSPS) is 27.0. The Kier molecular flexibility index (Phi) is 3.13. The third-order valence-electron chi connectivity index (χ3n) is 2.53. The highest BCUT2D eigenvalue weighted by molar-refractivity contribution is 8.00. The van der Waals surface area contributed by atoms with Crippen LogP contribution < -0.4 is 5.32 Å². The van der Waals surface area contributed by atoms with Crippen LogP contribution in [0.15, 0.2) is 12.5 Å². The number of aromatic nitrogens is 2. The van der Waals surface area contributed by atoms with Crippen LogP contribution in [0.3, 0.4) is 0 Å². The molecule has 0 bridgehead atoms. The van der Waals surface area contributed by atoms with Crippen molar-refractivity contribution in [2.45, 2.75) is 31.2 Å². The molecule has 0 radical (unpaired) electrons. The quantitative estimate of drug-likeness (QED) is 0.819. The number of nitrogens with one attached hydrogen (secondary N) is 1. The predicted octanol–water partition coefficient (Wildman–Crippen LogP) is 1.40. The molecule has 1 N–H and O–H groups in total. The van der Waals surface area contributed by atoms with Gasteiger partial charge in [0.05, 0.1) is 12.0 Å². The fourth-order valence-corrected chi connectivity index (χ4v) is 2.95. The Morgan fingerprint density at radius 3 is 3.14 bits per heavy atom. The van der Waals surface area contributed by atoms with Crippen LogP contribution in [-0.4, -0.2) is 26.6 Å². The van der Waals surface area contributed by atoms with E-state index in [1.54, 1.807) is 0 Å². The molecule has 1 saturated heterocycles. The molecule has 0 aromatic carbocycles. The summed E-state index contributed by atoms with van der Waals surface area (Å²) < 4.78 is 1.99. The van der Waals surface area contributed by atoms with Crippen LogP contribution in [0.4, 0.5) is 0 Å². The van der Waals surface area contributed by atoms with Crippen molar-refractivity contribution in [1.29, 1.82) is 0 Å². The molecule has 2 heterocycles. The van der Waals surface area contributed by atoms with Crippen molar-refractivity contribution in [2.75, 3.05) is 5.75 Å². The van der Waals surface area contributed by atoms with Crippen LogP contribution >= 0.6 is 11.8 Å². The molecular weight excluding hydrogens is 194 g/mol. The highest BCUT2D eigenvalue weighted by Gasteiger charge is 2.21. The molecule has 1 aromatic rings. The van der Waals surface area contributed by atoms with Gasteiger partial charge in [0.15, 0.2) is 0 Å². The summed E-state index contributed by atoms with van der Waals surface area (Å²) in [5.74, 6) is 1.24. The van der Waals surface area contributed by atoms with Gasteiger partial charge in [-0.15, -0.1) is 0 Å². The van der Waals surface area contributed by atoms with Gasteiger partial charge in [-0.25, -0.2) is 4.98 Å². The van der Waals surface area contributed by atoms with Gasteiger partial charge in [-0.1, -0.05) is 6.92 Å². The molecule has 1 aromatic heterocycles. The summed E-state index contributed by atoms with van der Waals surface area (Å²) in [5, 5.41) is 4.36. The van der Waals surface area contributed by atoms with E-state index >= 15 is 0 Å². The van der Waals surface area contributed by atoms with Crippen LogP contribution in [0.5, 0.6) is 0 Å². The van der Waals surface area contributed by atoms with Crippen molar-refractivity contribution in [1.82, 2.24) is 14.9 Å². The maximum absolute atomic E-state index is 4.29. The van der Waals surface area contributed by atoms with Crippen molar-refractivity contribution in [3.8, 4) is 0 Å². The highest BCUT2D eigenvalue weighted by atomic mass is 32.2. The monoisotopic (exact) mass is 211 g/mol. The van der Waals surface area contributed by atoms with E-state index < -0.39 is 0 Å². The summed E-state index contributed by atoms with van der Waals surface area (Å²) in [6.45, 7) is 3.20. The Morgan fingerprint density at radius 1 is 1.71 bits per heavy atom. The Morgan fingerprint density at radius 2 is 2.57 bits per heavy atom. The van der Waals surface area contributed by atoms with Gasteiger partial charge in [-0.2, -0.15) is 11.8 Å². The standard InChI is InChI=1S/C10H17N3S/c1-8-3-9(6-14-8)11-4-10-5-13(2)7-12-10/h5,7-9,11H,3-4,6H2,1-2H3. The van der Waals surface area contributed by atoms with Gasteiger partial charge in [-0.3, -0.25) is 0 Å². The highest BCUT2D eigenvalue weighted by Crippen LogP contribution is 2.25. The Bertz CT molecular complexity index is 297. The van der Waals surface area contributed by atoms with E-state index in [0.29, 0.717) is 6.04 Å². The van der Waals surface area contributed by atoms with Crippen LogP contribution in [0, 0.1) is 0 Å². The van der Waals surface area contributed by atoms with E-state index in [9.17, 15) is 0 Å². The first-order chi connectivity index (χ1) is 6.74. The molecule has 0 aliphatic carbocycles. The summed E-state index contributed by atoms with van der Waals surface area (Å²) in [6, 6.07) is 0.678. The molecule has 1 fully saturated rings. The number of rotatable bonds is 3. The molecular formula is C10H17N3S. The van der Waals surface area contributed by atoms with E-state index in [1.165, 1.54) is 12.2 Å². The summed E-state index contributed by atoms with van der Waals surface area (Å²) >= 11 is 2.06. The average Bonchev–Trinajstić information content (AvgIpc) is 2.72. The van der Waals surface area contributed by atoms with Gasteiger partial charge in [0.1, 0.15) is 0 Å². The molecule has 78 valence electrons. The molecule has 2 atom stereocenters. The largest absolute Gasteiger partial charge is 0.340 e. The molecule has 2 unspecified atom stereocenters. The summed E-state index contributed by atoms with van der Waals surface area (Å²) in [4.78, 5) is 4.29. The molecule has 4 heteroatoms. The van der Waals surface area contributed by atoms with Gasteiger partial charge >= 0.3 is 0 Å². The fourth-order valence-electron chi connectivity index (χ4n) is 1.77. The second-order valence-corrected chi connectivity index (χ2v) is 5.46. The minimum Gasteiger partial charge on any atom is -0.340 e. The molecule has 1 aliphatic heterocycles. The first kappa shape index (κ1) is 10.1. The lowest BCUT2D eigenvalue weighted by Crippen LogP contribution is -2.28. The second kappa shape index (κ2) is 4.36. The Hall–Kier alpha value is -0.480. The summed E-state index contributed by atoms with van der Waals surface area (Å²) in [5.41, 5.74) is 1.14. The van der Waals surface area contributed by atoms with E-state index in [4.69, 9.17) is 0 Å². The molecule has 14 heavy (non-hydrogen) atoms. The molecule has 0 amide bonds. The number of hydrogen-bond acceptors (Lipinski definition) is 3. The van der Waals surface area contributed by atoms with E-state index in [2.05, 4.69) is 35.2 Å². The van der Waals surface area contributed by atoms with Crippen LogP contribution in [0.1, 0.15) is 19.0 Å². The number of aryl methyl sites for hydroxylation is 1. The zero-order valence-corrected chi connectivity index (χ0v) is 9.55. The van der Waals surface area contributed by atoms with Crippen molar-refractivity contribution >= 4 is 11.8 Å². The average molecular weight is 211 g/mol. The van der Waals surface area contributed by atoms with Gasteiger partial charge in [0.2, 0.25) is 0 Å². The lowest BCUT2D eigenvalue weighted by Gasteiger charge is -2.09. The zero-order chi connectivity index (χ0) is 9.97. The van der Waals surface area contributed by atoms with E-state index in [0.717, 1.165) is 17.5 Å². The van der Waals surface area contributed by atoms with Gasteiger partial charge < -0.3 is 9.88 Å². The number of imidazole rings is 1. The first-order valence-corrected chi connectivity index (χ1v) is 6.11. The van der Waals surface area contributed by atoms with Crippen molar-refractivity contribution < 1.29 is 0 Å². The van der Waals surface area contributed by atoms with Crippen LogP contribution in [0.25, 0.3) is 0 Å². The second-order valence-electron chi connectivity index (χ2n) is 3.99. The summed E-state index contributed by atoms with van der Waals surface area (Å²) in [7, 11) is 2.00. The predicted molar refractivity (Wildman–Crippen MR) is 60.4 cm³/mol. The lowest BCUT2D eigenvalue weighted by atomic mass is 10.2. The lowest BCUT2D eigenvalue weighted by molar-refractivity contribution is 0.534. The van der Waals surface area contributed by atoms with E-state index in [-0.39, 0.29) is 0 Å². The number of hydrogen-bond donors (Lipinski definition) is 1. The third kappa shape index (κ3) is 2.51. The smallest absolute Gasteiger partial charge is 0.0947 e. The van der Waals surface area contributed by atoms with E-state index in [1.807, 2.05) is 17.9 Å².